The molecule has 0 aromatic heterocycles. The molecule has 0 aliphatic carbocycles. The van der Waals surface area contributed by atoms with Gasteiger partial charge >= 0.3 is 0 Å². The van der Waals surface area contributed by atoms with Gasteiger partial charge in [-0.25, -0.2) is 0 Å². The smallest absolute Gasteiger partial charge is 0.129 e. The molecule has 4 N–H and O–H groups in total. The molecule has 1 rings (SSSR count). The van der Waals surface area contributed by atoms with E-state index in [0.29, 0.717) is 12.8 Å². The highest BCUT2D eigenvalue weighted by Crippen LogP contribution is 2.19. The zero-order chi connectivity index (χ0) is 18.4. The molecule has 2 nitrogen and oxygen atoms in total. The largest absolute Gasteiger partial charge is 0.323 e. The first-order chi connectivity index (χ1) is 11.0. The van der Waals surface area contributed by atoms with Crippen molar-refractivity contribution in [2.75, 3.05) is 0 Å². The Hall–Kier alpha value is -1.31. The van der Waals surface area contributed by atoms with E-state index in [4.69, 9.17) is 11.5 Å². The summed E-state index contributed by atoms with van der Waals surface area (Å²) in [5, 5.41) is 0. The maximum atomic E-state index is 6.24. The summed E-state index contributed by atoms with van der Waals surface area (Å²) in [5.41, 5.74) is 21.4. The predicted molar refractivity (Wildman–Crippen MR) is 112 cm³/mol. The van der Waals surface area contributed by atoms with E-state index in [9.17, 15) is 0 Å². The second-order valence-corrected chi connectivity index (χ2v) is 17.9. The normalized spacial score (nSPS) is 14.0. The summed E-state index contributed by atoms with van der Waals surface area (Å²) in [4.78, 5) is 0. The molecule has 4 heteroatoms. The van der Waals surface area contributed by atoms with Crippen LogP contribution in [0.3, 0.4) is 0 Å². The minimum Gasteiger partial charge on any atom is -0.323 e. The van der Waals surface area contributed by atoms with Gasteiger partial charge < -0.3 is 11.5 Å². The minimum absolute atomic E-state index is 0.0363. The van der Waals surface area contributed by atoms with E-state index in [-0.39, 0.29) is 12.1 Å². The summed E-state index contributed by atoms with van der Waals surface area (Å²) in [7, 11) is -2.64. The summed E-state index contributed by atoms with van der Waals surface area (Å²) >= 11 is 0. The first kappa shape index (κ1) is 20.7. The van der Waals surface area contributed by atoms with Crippen molar-refractivity contribution < 1.29 is 0 Å². The van der Waals surface area contributed by atoms with Gasteiger partial charge in [-0.3, -0.25) is 0 Å². The second kappa shape index (κ2) is 8.69. The number of benzene rings is 1. The molecule has 0 radical (unpaired) electrons. The van der Waals surface area contributed by atoms with Crippen molar-refractivity contribution in [1.82, 2.24) is 0 Å². The van der Waals surface area contributed by atoms with Gasteiger partial charge in [0.25, 0.3) is 0 Å². The Bertz CT molecular complexity index is 585. The molecule has 0 spiro atoms. The fourth-order valence-corrected chi connectivity index (χ4v) is 3.34. The highest BCUT2D eigenvalue weighted by atomic mass is 28.3. The van der Waals surface area contributed by atoms with Gasteiger partial charge in [0.05, 0.1) is 0 Å². The van der Waals surface area contributed by atoms with E-state index < -0.39 is 16.1 Å². The maximum absolute atomic E-state index is 6.24. The van der Waals surface area contributed by atoms with Gasteiger partial charge in [0.15, 0.2) is 0 Å². The van der Waals surface area contributed by atoms with Crippen molar-refractivity contribution in [2.45, 2.75) is 64.2 Å². The molecule has 0 amide bonds. The number of hydrogen-bond donors (Lipinski definition) is 2. The molecular weight excluding hydrogens is 324 g/mol. The van der Waals surface area contributed by atoms with Crippen LogP contribution in [0.5, 0.6) is 0 Å². The van der Waals surface area contributed by atoms with Crippen LogP contribution in [0, 0.1) is 22.9 Å². The zero-order valence-electron chi connectivity index (χ0n) is 16.0. The molecule has 1 aromatic carbocycles. The topological polar surface area (TPSA) is 52.0 Å². The van der Waals surface area contributed by atoms with Crippen molar-refractivity contribution in [3.05, 3.63) is 35.4 Å². The van der Waals surface area contributed by atoms with Crippen molar-refractivity contribution in [1.29, 1.82) is 0 Å². The molecule has 2 unspecified atom stereocenters. The van der Waals surface area contributed by atoms with Gasteiger partial charge in [-0.2, -0.15) is 0 Å². The molecule has 1 aromatic rings. The number of rotatable bonds is 4. The van der Waals surface area contributed by atoms with Crippen LogP contribution >= 0.6 is 0 Å². The highest BCUT2D eigenvalue weighted by molar-refractivity contribution is 6.84. The van der Waals surface area contributed by atoms with Crippen LogP contribution in [0.1, 0.15) is 36.1 Å². The molecular formula is C20H32N2Si2. The van der Waals surface area contributed by atoms with Crippen molar-refractivity contribution in [3.8, 4) is 22.9 Å². The van der Waals surface area contributed by atoms with Crippen LogP contribution in [-0.4, -0.2) is 16.1 Å². The summed E-state index contributed by atoms with van der Waals surface area (Å²) in [6, 6.07) is 8.21. The minimum atomic E-state index is -1.32. The molecule has 0 aliphatic heterocycles. The summed E-state index contributed by atoms with van der Waals surface area (Å²) in [6.45, 7) is 13.5. The summed E-state index contributed by atoms with van der Waals surface area (Å²) in [6.07, 6.45) is 1.41. The fourth-order valence-electron chi connectivity index (χ4n) is 2.08. The van der Waals surface area contributed by atoms with Crippen LogP contribution in [-0.2, 0) is 0 Å². The van der Waals surface area contributed by atoms with Gasteiger partial charge in [-0.15, -0.1) is 22.9 Å². The molecule has 0 saturated carbocycles. The maximum Gasteiger partial charge on any atom is 0.129 e. The van der Waals surface area contributed by atoms with Gasteiger partial charge in [0, 0.05) is 24.9 Å². The Balaban J connectivity index is 2.67. The Labute approximate surface area is 150 Å². The van der Waals surface area contributed by atoms with Crippen molar-refractivity contribution in [3.63, 3.8) is 0 Å². The lowest BCUT2D eigenvalue weighted by Gasteiger charge is -2.13. The van der Waals surface area contributed by atoms with E-state index >= 15 is 0 Å². The van der Waals surface area contributed by atoms with Gasteiger partial charge in [-0.1, -0.05) is 63.5 Å². The van der Waals surface area contributed by atoms with E-state index in [1.54, 1.807) is 0 Å². The highest BCUT2D eigenvalue weighted by Gasteiger charge is 2.11. The fraction of sp³-hybridized carbons (Fsp3) is 0.500. The lowest BCUT2D eigenvalue weighted by Crippen LogP contribution is -2.17. The Morgan fingerprint density at radius 1 is 0.708 bits per heavy atom. The average Bonchev–Trinajstić information content (AvgIpc) is 2.44. The molecule has 0 aliphatic rings. The third kappa shape index (κ3) is 8.52. The van der Waals surface area contributed by atoms with E-state index in [1.807, 2.05) is 0 Å². The van der Waals surface area contributed by atoms with E-state index in [1.165, 1.54) is 0 Å². The van der Waals surface area contributed by atoms with Crippen LogP contribution < -0.4 is 11.5 Å². The summed E-state index contributed by atoms with van der Waals surface area (Å²) in [5.74, 6) is 6.50. The average molecular weight is 357 g/mol. The van der Waals surface area contributed by atoms with Crippen LogP contribution in [0.25, 0.3) is 0 Å². The lowest BCUT2D eigenvalue weighted by atomic mass is 9.99. The Morgan fingerprint density at radius 2 is 1.00 bits per heavy atom. The predicted octanol–water partition coefficient (Wildman–Crippen LogP) is 4.23. The lowest BCUT2D eigenvalue weighted by molar-refractivity contribution is 0.738. The molecule has 0 saturated heterocycles. The molecule has 2 atom stereocenters. The molecule has 0 heterocycles. The molecule has 0 fully saturated rings. The SMILES string of the molecule is C[Si](C)(C)C#CCC(N)c1ccc(C(N)CC#C[Si](C)(C)C)cc1. The zero-order valence-corrected chi connectivity index (χ0v) is 18.0. The standard InChI is InChI=1S/C20H32N2Si2/c1-23(2,3)15-7-9-19(21)17-11-13-18(14-12-17)20(22)10-8-16-24(4,5)6/h11-14,19-20H,9-10,21-22H2,1-6H3. The monoisotopic (exact) mass is 356 g/mol. The number of nitrogens with two attached hydrogens (primary N) is 2. The second-order valence-electron chi connectivity index (χ2n) is 8.39. The van der Waals surface area contributed by atoms with E-state index in [2.05, 4.69) is 86.5 Å². The van der Waals surface area contributed by atoms with Crippen LogP contribution in [0.4, 0.5) is 0 Å². The quantitative estimate of drug-likeness (QED) is 0.626. The first-order valence-corrected chi connectivity index (χ1v) is 15.6. The van der Waals surface area contributed by atoms with Gasteiger partial charge in [-0.05, 0) is 11.1 Å². The van der Waals surface area contributed by atoms with Crippen molar-refractivity contribution in [2.24, 2.45) is 11.5 Å². The van der Waals surface area contributed by atoms with Gasteiger partial charge in [0.1, 0.15) is 16.1 Å². The molecule has 130 valence electrons. The number of hydrogen-bond acceptors (Lipinski definition) is 2. The van der Waals surface area contributed by atoms with Crippen LogP contribution in [0.15, 0.2) is 24.3 Å². The molecule has 0 bridgehead atoms. The Kier molecular flexibility index (Phi) is 7.51. The first-order valence-electron chi connectivity index (χ1n) is 8.59. The Morgan fingerprint density at radius 3 is 1.25 bits per heavy atom. The van der Waals surface area contributed by atoms with Gasteiger partial charge in [0.2, 0.25) is 0 Å². The third-order valence-corrected chi connectivity index (χ3v) is 5.22. The van der Waals surface area contributed by atoms with Crippen LogP contribution in [0.2, 0.25) is 39.3 Å². The third-order valence-electron chi connectivity index (χ3n) is 3.36. The van der Waals surface area contributed by atoms with Crippen molar-refractivity contribution >= 4 is 16.1 Å². The molecule has 24 heavy (non-hydrogen) atoms. The van der Waals surface area contributed by atoms with E-state index in [0.717, 1.165) is 11.1 Å². The summed E-state index contributed by atoms with van der Waals surface area (Å²) < 4.78 is 0.